The van der Waals surface area contributed by atoms with E-state index >= 15 is 0 Å². The van der Waals surface area contributed by atoms with E-state index in [1.54, 1.807) is 22.7 Å². The van der Waals surface area contributed by atoms with Crippen LogP contribution in [0.15, 0.2) is 34.7 Å². The number of hydrogen-bond donors (Lipinski definition) is 1. The molecule has 3 rings (SSSR count). The number of thiophene rings is 1. The molecule has 8 heteroatoms. The standard InChI is InChI=1S/C18H20N4O2S2/c1-11(2)13-7-17(24)22(10-20-13)9-16(23)19-8-15-12(3)21-18(26-15)14-5-4-6-25-14/h4-7,10-11H,8-9H2,1-3H3,(H,19,23). The summed E-state index contributed by atoms with van der Waals surface area (Å²) in [5.41, 5.74) is 1.43. The maximum atomic E-state index is 12.2. The summed E-state index contributed by atoms with van der Waals surface area (Å²) in [6, 6.07) is 5.51. The third-order valence-electron chi connectivity index (χ3n) is 3.88. The predicted octanol–water partition coefficient (Wildman–Crippen LogP) is 3.18. The van der Waals surface area contributed by atoms with Crippen molar-refractivity contribution in [1.29, 1.82) is 0 Å². The average Bonchev–Trinajstić information content (AvgIpc) is 3.24. The van der Waals surface area contributed by atoms with Crippen molar-refractivity contribution in [1.82, 2.24) is 19.9 Å². The first-order valence-corrected chi connectivity index (χ1v) is 9.97. The van der Waals surface area contributed by atoms with Crippen LogP contribution in [0.25, 0.3) is 9.88 Å². The molecule has 0 aliphatic heterocycles. The fourth-order valence-corrected chi connectivity index (χ4v) is 4.16. The van der Waals surface area contributed by atoms with E-state index in [1.165, 1.54) is 17.0 Å². The van der Waals surface area contributed by atoms with Gasteiger partial charge in [-0.3, -0.25) is 14.2 Å². The lowest BCUT2D eigenvalue weighted by atomic mass is 10.1. The van der Waals surface area contributed by atoms with Crippen molar-refractivity contribution < 1.29 is 4.79 Å². The second kappa shape index (κ2) is 7.92. The monoisotopic (exact) mass is 388 g/mol. The average molecular weight is 389 g/mol. The Hall–Kier alpha value is -2.32. The molecule has 26 heavy (non-hydrogen) atoms. The zero-order chi connectivity index (χ0) is 18.7. The molecule has 3 aromatic heterocycles. The number of amides is 1. The van der Waals surface area contributed by atoms with Crippen molar-refractivity contribution in [2.75, 3.05) is 0 Å². The number of rotatable bonds is 6. The van der Waals surface area contributed by atoms with Gasteiger partial charge in [-0.05, 0) is 24.3 Å². The number of thiazole rings is 1. The summed E-state index contributed by atoms with van der Waals surface area (Å²) in [6.45, 7) is 6.25. The normalized spacial score (nSPS) is 11.1. The maximum absolute atomic E-state index is 12.2. The van der Waals surface area contributed by atoms with Gasteiger partial charge in [-0.15, -0.1) is 22.7 Å². The van der Waals surface area contributed by atoms with Crippen molar-refractivity contribution in [2.45, 2.75) is 39.8 Å². The summed E-state index contributed by atoms with van der Waals surface area (Å²) in [5, 5.41) is 5.84. The van der Waals surface area contributed by atoms with Crippen molar-refractivity contribution >= 4 is 28.6 Å². The number of carbonyl (C=O) groups is 1. The van der Waals surface area contributed by atoms with E-state index in [0.29, 0.717) is 6.54 Å². The minimum Gasteiger partial charge on any atom is -0.350 e. The third-order valence-corrected chi connectivity index (χ3v) is 6.07. The smallest absolute Gasteiger partial charge is 0.254 e. The minimum absolute atomic E-state index is 0.0418. The highest BCUT2D eigenvalue weighted by Crippen LogP contribution is 2.30. The van der Waals surface area contributed by atoms with E-state index in [2.05, 4.69) is 15.3 Å². The molecular formula is C18H20N4O2S2. The van der Waals surface area contributed by atoms with E-state index in [-0.39, 0.29) is 23.9 Å². The lowest BCUT2D eigenvalue weighted by molar-refractivity contribution is -0.121. The second-order valence-electron chi connectivity index (χ2n) is 6.22. The zero-order valence-corrected chi connectivity index (χ0v) is 16.5. The third kappa shape index (κ3) is 4.25. The van der Waals surface area contributed by atoms with E-state index in [1.807, 2.05) is 38.3 Å². The molecular weight excluding hydrogens is 368 g/mol. The number of carbonyl (C=O) groups excluding carboxylic acids is 1. The zero-order valence-electron chi connectivity index (χ0n) is 14.9. The van der Waals surface area contributed by atoms with Gasteiger partial charge in [0.2, 0.25) is 5.91 Å². The van der Waals surface area contributed by atoms with Crippen LogP contribution in [0.3, 0.4) is 0 Å². The lowest BCUT2D eigenvalue weighted by Crippen LogP contribution is -2.32. The van der Waals surface area contributed by atoms with Crippen molar-refractivity contribution in [3.8, 4) is 9.88 Å². The second-order valence-corrected chi connectivity index (χ2v) is 8.25. The molecule has 0 radical (unpaired) electrons. The molecule has 0 aliphatic carbocycles. The first-order chi connectivity index (χ1) is 12.4. The molecule has 0 spiro atoms. The fourth-order valence-electron chi connectivity index (χ4n) is 2.36. The molecule has 3 aromatic rings. The molecule has 0 aromatic carbocycles. The quantitative estimate of drug-likeness (QED) is 0.704. The summed E-state index contributed by atoms with van der Waals surface area (Å²) in [5.74, 6) is -0.0466. The van der Waals surface area contributed by atoms with Crippen molar-refractivity contribution in [3.05, 3.63) is 56.5 Å². The molecule has 0 aliphatic rings. The number of aryl methyl sites for hydroxylation is 1. The summed E-state index contributed by atoms with van der Waals surface area (Å²) in [6.07, 6.45) is 1.43. The Kier molecular flexibility index (Phi) is 5.63. The number of nitrogens with zero attached hydrogens (tertiary/aromatic N) is 3. The molecule has 0 saturated heterocycles. The van der Waals surface area contributed by atoms with Gasteiger partial charge < -0.3 is 5.32 Å². The Morgan fingerprint density at radius 2 is 2.19 bits per heavy atom. The summed E-state index contributed by atoms with van der Waals surface area (Å²) >= 11 is 3.22. The first-order valence-electron chi connectivity index (χ1n) is 8.27. The molecule has 3 heterocycles. The molecule has 1 N–H and O–H groups in total. The number of hydrogen-bond acceptors (Lipinski definition) is 6. The van der Waals surface area contributed by atoms with Crippen LogP contribution in [0, 0.1) is 6.92 Å². The number of aromatic nitrogens is 3. The van der Waals surface area contributed by atoms with Crippen molar-refractivity contribution in [3.63, 3.8) is 0 Å². The van der Waals surface area contributed by atoms with E-state index in [4.69, 9.17) is 0 Å². The minimum atomic E-state index is -0.225. The topological polar surface area (TPSA) is 76.9 Å². The molecule has 136 valence electrons. The Labute approximate surface area is 159 Å². The van der Waals surface area contributed by atoms with E-state index < -0.39 is 0 Å². The van der Waals surface area contributed by atoms with Crippen LogP contribution in [0.4, 0.5) is 0 Å². The van der Waals surface area contributed by atoms with Gasteiger partial charge >= 0.3 is 0 Å². The van der Waals surface area contributed by atoms with Crippen LogP contribution in [-0.2, 0) is 17.9 Å². The molecule has 0 atom stereocenters. The van der Waals surface area contributed by atoms with Crippen LogP contribution in [0.2, 0.25) is 0 Å². The Morgan fingerprint density at radius 3 is 2.85 bits per heavy atom. The number of nitrogens with one attached hydrogen (secondary N) is 1. The van der Waals surface area contributed by atoms with Gasteiger partial charge in [-0.25, -0.2) is 9.97 Å². The first kappa shape index (κ1) is 18.5. The highest BCUT2D eigenvalue weighted by molar-refractivity contribution is 7.21. The van der Waals surface area contributed by atoms with Crippen LogP contribution in [-0.4, -0.2) is 20.4 Å². The van der Waals surface area contributed by atoms with Gasteiger partial charge in [0, 0.05) is 10.9 Å². The van der Waals surface area contributed by atoms with E-state index in [9.17, 15) is 9.59 Å². The Balaban J connectivity index is 1.62. The molecule has 0 unspecified atom stereocenters. The highest BCUT2D eigenvalue weighted by atomic mass is 32.1. The molecule has 0 bridgehead atoms. The molecule has 1 amide bonds. The predicted molar refractivity (Wildman–Crippen MR) is 105 cm³/mol. The Bertz CT molecular complexity index is 958. The van der Waals surface area contributed by atoms with Gasteiger partial charge in [0.05, 0.1) is 29.1 Å². The highest BCUT2D eigenvalue weighted by Gasteiger charge is 2.12. The fraction of sp³-hybridized carbons (Fsp3) is 0.333. The van der Waals surface area contributed by atoms with Crippen LogP contribution >= 0.6 is 22.7 Å². The molecule has 6 nitrogen and oxygen atoms in total. The summed E-state index contributed by atoms with van der Waals surface area (Å²) in [4.78, 5) is 35.2. The van der Waals surface area contributed by atoms with Crippen molar-refractivity contribution in [2.24, 2.45) is 0 Å². The van der Waals surface area contributed by atoms with Gasteiger partial charge in [0.25, 0.3) is 5.56 Å². The molecule has 0 saturated carbocycles. The SMILES string of the molecule is Cc1nc(-c2cccs2)sc1CNC(=O)Cn1cnc(C(C)C)cc1=O. The maximum Gasteiger partial charge on any atom is 0.254 e. The largest absolute Gasteiger partial charge is 0.350 e. The van der Waals surface area contributed by atoms with Gasteiger partial charge in [0.15, 0.2) is 0 Å². The van der Waals surface area contributed by atoms with Crippen LogP contribution in [0.1, 0.15) is 36.0 Å². The van der Waals surface area contributed by atoms with Crippen LogP contribution in [0.5, 0.6) is 0 Å². The van der Waals surface area contributed by atoms with Crippen LogP contribution < -0.4 is 10.9 Å². The van der Waals surface area contributed by atoms with Gasteiger partial charge in [-0.1, -0.05) is 19.9 Å². The van der Waals surface area contributed by atoms with E-state index in [0.717, 1.165) is 26.1 Å². The van der Waals surface area contributed by atoms with Gasteiger partial charge in [-0.2, -0.15) is 0 Å². The summed E-state index contributed by atoms with van der Waals surface area (Å²) < 4.78 is 1.32. The lowest BCUT2D eigenvalue weighted by Gasteiger charge is -2.08. The van der Waals surface area contributed by atoms with Gasteiger partial charge in [0.1, 0.15) is 11.6 Å². The molecule has 0 fully saturated rings. The Morgan fingerprint density at radius 1 is 1.38 bits per heavy atom. The summed E-state index contributed by atoms with van der Waals surface area (Å²) in [7, 11) is 0.